The first kappa shape index (κ1) is 13.4. The normalized spacial score (nSPS) is 26.9. The highest BCUT2D eigenvalue weighted by Gasteiger charge is 2.26. The van der Waals surface area contributed by atoms with Crippen LogP contribution in [0.1, 0.15) is 6.92 Å². The minimum absolute atomic E-state index is 0.129. The Morgan fingerprint density at radius 3 is 2.12 bits per heavy atom. The summed E-state index contributed by atoms with van der Waals surface area (Å²) in [6, 6.07) is 0. The van der Waals surface area contributed by atoms with E-state index in [9.17, 15) is 0 Å². The molecular weight excluding hydrogens is 208 g/mol. The van der Waals surface area contributed by atoms with Crippen LogP contribution in [0.2, 0.25) is 0 Å². The van der Waals surface area contributed by atoms with Crippen molar-refractivity contribution in [2.24, 2.45) is 0 Å². The van der Waals surface area contributed by atoms with Crippen LogP contribution >= 0.6 is 0 Å². The number of ether oxygens (including phenoxy) is 3. The minimum Gasteiger partial charge on any atom is -0.392 e. The molecule has 0 aromatic carbocycles. The van der Waals surface area contributed by atoms with Gasteiger partial charge in [-0.05, 0) is 6.92 Å². The first-order valence-electron chi connectivity index (χ1n) is 5.56. The summed E-state index contributed by atoms with van der Waals surface area (Å²) in [6.07, 6.45) is 8.05. The third-order valence-electron chi connectivity index (χ3n) is 1.96. The average molecular weight is 228 g/mol. The molecule has 0 aliphatic carbocycles. The Kier molecular flexibility index (Phi) is 7.09. The number of allylic oxidation sites excluding steroid dienone is 3. The van der Waals surface area contributed by atoms with Crippen LogP contribution in [0.5, 0.6) is 0 Å². The number of rotatable bonds is 6. The zero-order valence-electron chi connectivity index (χ0n) is 9.67. The molecule has 2 saturated heterocycles. The Bertz CT molecular complexity index is 205. The van der Waals surface area contributed by atoms with Crippen molar-refractivity contribution in [3.8, 4) is 0 Å². The lowest BCUT2D eigenvalue weighted by Crippen LogP contribution is -2.06. The van der Waals surface area contributed by atoms with Gasteiger partial charge in [0.15, 0.2) is 0 Å². The van der Waals surface area contributed by atoms with E-state index in [1.165, 1.54) is 0 Å². The van der Waals surface area contributed by atoms with Crippen LogP contribution in [0.3, 0.4) is 0 Å². The second-order valence-electron chi connectivity index (χ2n) is 3.58. The predicted octanol–water partition coefficient (Wildman–Crippen LogP) is 0.912. The van der Waals surface area contributed by atoms with Gasteiger partial charge < -0.3 is 19.3 Å². The average Bonchev–Trinajstić information content (AvgIpc) is 3.14. The van der Waals surface area contributed by atoms with Crippen molar-refractivity contribution in [1.29, 1.82) is 0 Å². The molecule has 16 heavy (non-hydrogen) atoms. The Morgan fingerprint density at radius 2 is 1.75 bits per heavy atom. The second kappa shape index (κ2) is 8.47. The zero-order valence-corrected chi connectivity index (χ0v) is 9.67. The van der Waals surface area contributed by atoms with E-state index in [2.05, 4.69) is 0 Å². The first-order chi connectivity index (χ1) is 7.86. The van der Waals surface area contributed by atoms with Gasteiger partial charge in [-0.2, -0.15) is 0 Å². The Hall–Kier alpha value is -0.680. The molecule has 2 rings (SSSR count). The highest BCUT2D eigenvalue weighted by atomic mass is 16.6. The van der Waals surface area contributed by atoms with Crippen LogP contribution in [0.15, 0.2) is 24.3 Å². The van der Waals surface area contributed by atoms with Gasteiger partial charge in [0.25, 0.3) is 0 Å². The van der Waals surface area contributed by atoms with Gasteiger partial charge in [0.1, 0.15) is 12.2 Å². The number of epoxide rings is 2. The van der Waals surface area contributed by atoms with Crippen molar-refractivity contribution >= 4 is 0 Å². The van der Waals surface area contributed by atoms with Crippen LogP contribution in [-0.2, 0) is 14.2 Å². The standard InChI is InChI=1S/C6H10O3.C6H10O/c1(5-3-8-5)7-2-6-4-9-6;1-2-3-4-5-6-7/h5-6H,1-4H2;2-5,7H,6H2,1H3/b;3-2+,5-4+. The Labute approximate surface area is 96.5 Å². The SMILES string of the molecule is C(OCC1CO1)C1CO1.C/C=C/C=C/CO. The van der Waals surface area contributed by atoms with Gasteiger partial charge in [-0.1, -0.05) is 24.3 Å². The molecule has 0 aromatic heterocycles. The van der Waals surface area contributed by atoms with Crippen LogP contribution in [0, 0.1) is 0 Å². The summed E-state index contributed by atoms with van der Waals surface area (Å²) in [5.74, 6) is 0. The van der Waals surface area contributed by atoms with Crippen LogP contribution in [-0.4, -0.2) is 50.3 Å². The highest BCUT2D eigenvalue weighted by Crippen LogP contribution is 2.12. The van der Waals surface area contributed by atoms with E-state index in [1.807, 2.05) is 19.1 Å². The van der Waals surface area contributed by atoms with Gasteiger partial charge >= 0.3 is 0 Å². The molecule has 2 atom stereocenters. The monoisotopic (exact) mass is 228 g/mol. The minimum atomic E-state index is 0.129. The maximum atomic E-state index is 8.17. The van der Waals surface area contributed by atoms with Gasteiger partial charge in [-0.3, -0.25) is 0 Å². The number of aliphatic hydroxyl groups excluding tert-OH is 1. The lowest BCUT2D eigenvalue weighted by Gasteiger charge is -1.95. The Balaban J connectivity index is 0.000000168. The van der Waals surface area contributed by atoms with Crippen LogP contribution in [0.4, 0.5) is 0 Å². The molecule has 2 unspecified atom stereocenters. The van der Waals surface area contributed by atoms with Gasteiger partial charge in [0.2, 0.25) is 0 Å². The molecule has 0 radical (unpaired) electrons. The molecule has 4 nitrogen and oxygen atoms in total. The maximum Gasteiger partial charge on any atom is 0.104 e. The molecule has 2 heterocycles. The predicted molar refractivity (Wildman–Crippen MR) is 61.3 cm³/mol. The fraction of sp³-hybridized carbons (Fsp3) is 0.667. The quantitative estimate of drug-likeness (QED) is 0.542. The van der Waals surface area contributed by atoms with Crippen molar-refractivity contribution in [2.45, 2.75) is 19.1 Å². The van der Waals surface area contributed by atoms with Gasteiger partial charge in [-0.15, -0.1) is 0 Å². The zero-order chi connectivity index (χ0) is 11.6. The van der Waals surface area contributed by atoms with Crippen molar-refractivity contribution in [2.75, 3.05) is 33.0 Å². The summed E-state index contributed by atoms with van der Waals surface area (Å²) in [5, 5.41) is 8.17. The lowest BCUT2D eigenvalue weighted by atomic mass is 10.4. The molecule has 0 aromatic rings. The summed E-state index contributed by atoms with van der Waals surface area (Å²) < 4.78 is 15.1. The van der Waals surface area contributed by atoms with E-state index in [-0.39, 0.29) is 6.61 Å². The van der Waals surface area contributed by atoms with Gasteiger partial charge in [0.05, 0.1) is 33.0 Å². The summed E-state index contributed by atoms with van der Waals surface area (Å²) in [6.45, 7) is 5.32. The van der Waals surface area contributed by atoms with Crippen molar-refractivity contribution in [3.63, 3.8) is 0 Å². The fourth-order valence-corrected chi connectivity index (χ4v) is 0.910. The van der Waals surface area contributed by atoms with E-state index < -0.39 is 0 Å². The van der Waals surface area contributed by atoms with Crippen LogP contribution in [0.25, 0.3) is 0 Å². The van der Waals surface area contributed by atoms with E-state index in [4.69, 9.17) is 19.3 Å². The molecule has 0 saturated carbocycles. The number of hydrogen-bond donors (Lipinski definition) is 1. The topological polar surface area (TPSA) is 54.5 Å². The molecule has 2 aliphatic heterocycles. The molecule has 0 amide bonds. The van der Waals surface area contributed by atoms with E-state index in [0.29, 0.717) is 12.2 Å². The smallest absolute Gasteiger partial charge is 0.104 e. The summed E-state index contributed by atoms with van der Waals surface area (Å²) in [5.41, 5.74) is 0. The van der Waals surface area contributed by atoms with Crippen molar-refractivity contribution < 1.29 is 19.3 Å². The summed E-state index contributed by atoms with van der Waals surface area (Å²) >= 11 is 0. The van der Waals surface area contributed by atoms with E-state index in [0.717, 1.165) is 26.4 Å². The summed E-state index contributed by atoms with van der Waals surface area (Å²) in [4.78, 5) is 0. The van der Waals surface area contributed by atoms with Crippen molar-refractivity contribution in [3.05, 3.63) is 24.3 Å². The number of hydrogen-bond acceptors (Lipinski definition) is 4. The molecular formula is C12H20O4. The first-order valence-corrected chi connectivity index (χ1v) is 5.56. The van der Waals surface area contributed by atoms with E-state index >= 15 is 0 Å². The highest BCUT2D eigenvalue weighted by molar-refractivity contribution is 5.00. The van der Waals surface area contributed by atoms with Gasteiger partial charge in [-0.25, -0.2) is 0 Å². The summed E-state index contributed by atoms with van der Waals surface area (Å²) in [7, 11) is 0. The largest absolute Gasteiger partial charge is 0.392 e. The molecule has 2 fully saturated rings. The second-order valence-corrected chi connectivity index (χ2v) is 3.58. The van der Waals surface area contributed by atoms with Crippen LogP contribution < -0.4 is 0 Å². The lowest BCUT2D eigenvalue weighted by molar-refractivity contribution is 0.102. The maximum absolute atomic E-state index is 8.17. The molecule has 1 N–H and O–H groups in total. The molecule has 2 aliphatic rings. The van der Waals surface area contributed by atoms with Crippen molar-refractivity contribution in [1.82, 2.24) is 0 Å². The molecule has 4 heteroatoms. The fourth-order valence-electron chi connectivity index (χ4n) is 0.910. The number of aliphatic hydroxyl groups is 1. The Morgan fingerprint density at radius 1 is 1.19 bits per heavy atom. The molecule has 0 bridgehead atoms. The van der Waals surface area contributed by atoms with E-state index in [1.54, 1.807) is 12.2 Å². The molecule has 0 spiro atoms. The third-order valence-corrected chi connectivity index (χ3v) is 1.96. The molecule has 92 valence electrons. The van der Waals surface area contributed by atoms with Gasteiger partial charge in [0, 0.05) is 0 Å². The third kappa shape index (κ3) is 8.61.